The highest BCUT2D eigenvalue weighted by molar-refractivity contribution is 9.09. The van der Waals surface area contributed by atoms with Gasteiger partial charge in [-0.05, 0) is 24.8 Å². The summed E-state index contributed by atoms with van der Waals surface area (Å²) in [6.07, 6.45) is 0.770. The fourth-order valence-electron chi connectivity index (χ4n) is 2.17. The number of alkyl halides is 1. The number of sulfone groups is 1. The molecule has 2 unspecified atom stereocenters. The van der Waals surface area contributed by atoms with E-state index >= 15 is 0 Å². The Morgan fingerprint density at radius 1 is 1.44 bits per heavy atom. The topological polar surface area (TPSA) is 34.1 Å². The smallest absolute Gasteiger partial charge is 0.150 e. The summed E-state index contributed by atoms with van der Waals surface area (Å²) >= 11 is 3.63. The molecule has 0 N–H and O–H groups in total. The van der Waals surface area contributed by atoms with E-state index in [4.69, 9.17) is 0 Å². The highest BCUT2D eigenvalue weighted by Crippen LogP contribution is 2.37. The van der Waals surface area contributed by atoms with E-state index in [0.717, 1.165) is 6.42 Å². The maximum Gasteiger partial charge on any atom is 0.150 e. The van der Waals surface area contributed by atoms with E-state index < -0.39 is 9.84 Å². The minimum atomic E-state index is -2.79. The highest BCUT2D eigenvalue weighted by atomic mass is 79.9. The fraction of sp³-hybridized carbons (Fsp3) is 0.500. The summed E-state index contributed by atoms with van der Waals surface area (Å²) in [6, 6.07) is 8.23. The quantitative estimate of drug-likeness (QED) is 0.787. The van der Waals surface area contributed by atoms with Gasteiger partial charge in [0.2, 0.25) is 0 Å². The predicted molar refractivity (Wildman–Crippen MR) is 69.6 cm³/mol. The van der Waals surface area contributed by atoms with Crippen LogP contribution in [0.3, 0.4) is 0 Å². The maximum absolute atomic E-state index is 11.4. The van der Waals surface area contributed by atoms with Crippen LogP contribution in [0.15, 0.2) is 24.3 Å². The van der Waals surface area contributed by atoms with Gasteiger partial charge in [0, 0.05) is 4.83 Å². The van der Waals surface area contributed by atoms with E-state index in [9.17, 15) is 8.42 Å². The molecule has 2 atom stereocenters. The van der Waals surface area contributed by atoms with E-state index in [0.29, 0.717) is 11.5 Å². The number of hydrogen-bond acceptors (Lipinski definition) is 2. The van der Waals surface area contributed by atoms with Crippen LogP contribution < -0.4 is 0 Å². The predicted octanol–water partition coefficient (Wildman–Crippen LogP) is 2.87. The molecule has 0 aliphatic carbocycles. The van der Waals surface area contributed by atoms with Crippen LogP contribution in [0.4, 0.5) is 0 Å². The number of aryl methyl sites for hydroxylation is 1. The summed E-state index contributed by atoms with van der Waals surface area (Å²) < 4.78 is 22.8. The zero-order chi connectivity index (χ0) is 11.8. The third kappa shape index (κ3) is 2.66. The molecule has 0 aromatic heterocycles. The molecular formula is C12H15BrO2S. The van der Waals surface area contributed by atoms with Crippen LogP contribution in [0.1, 0.15) is 22.4 Å². The average Bonchev–Trinajstić information content (AvgIpc) is 2.58. The summed E-state index contributed by atoms with van der Waals surface area (Å²) in [6.45, 7) is 2.05. The van der Waals surface area contributed by atoms with Crippen molar-refractivity contribution in [3.05, 3.63) is 35.4 Å². The Kier molecular flexibility index (Phi) is 3.40. The SMILES string of the molecule is Cc1cccc(C(Br)C2CCS(=O)(=O)C2)c1. The molecular weight excluding hydrogens is 288 g/mol. The van der Waals surface area contributed by atoms with Gasteiger partial charge >= 0.3 is 0 Å². The van der Waals surface area contributed by atoms with Gasteiger partial charge in [-0.3, -0.25) is 0 Å². The fourth-order valence-corrected chi connectivity index (χ4v) is 4.99. The van der Waals surface area contributed by atoms with E-state index in [1.54, 1.807) is 0 Å². The molecule has 4 heteroatoms. The molecule has 2 nitrogen and oxygen atoms in total. The zero-order valence-electron chi connectivity index (χ0n) is 9.19. The Morgan fingerprint density at radius 3 is 2.75 bits per heavy atom. The molecule has 88 valence electrons. The monoisotopic (exact) mass is 302 g/mol. The van der Waals surface area contributed by atoms with Crippen molar-refractivity contribution in [2.45, 2.75) is 18.2 Å². The van der Waals surface area contributed by atoms with Crippen LogP contribution in [0, 0.1) is 12.8 Å². The molecule has 1 saturated heterocycles. The van der Waals surface area contributed by atoms with Crippen molar-refractivity contribution >= 4 is 25.8 Å². The van der Waals surface area contributed by atoms with Crippen molar-refractivity contribution < 1.29 is 8.42 Å². The van der Waals surface area contributed by atoms with Gasteiger partial charge in [0.25, 0.3) is 0 Å². The molecule has 16 heavy (non-hydrogen) atoms. The highest BCUT2D eigenvalue weighted by Gasteiger charge is 2.33. The molecule has 0 saturated carbocycles. The van der Waals surface area contributed by atoms with Gasteiger partial charge in [0.05, 0.1) is 11.5 Å². The van der Waals surface area contributed by atoms with E-state index in [1.165, 1.54) is 11.1 Å². The van der Waals surface area contributed by atoms with E-state index in [2.05, 4.69) is 41.1 Å². The maximum atomic E-state index is 11.4. The van der Waals surface area contributed by atoms with Gasteiger partial charge in [0.1, 0.15) is 0 Å². The number of rotatable bonds is 2. The molecule has 1 fully saturated rings. The van der Waals surface area contributed by atoms with Crippen LogP contribution in [-0.4, -0.2) is 19.9 Å². The van der Waals surface area contributed by atoms with Gasteiger partial charge < -0.3 is 0 Å². The van der Waals surface area contributed by atoms with Crippen molar-refractivity contribution in [3.8, 4) is 0 Å². The lowest BCUT2D eigenvalue weighted by Crippen LogP contribution is -2.10. The average molecular weight is 303 g/mol. The van der Waals surface area contributed by atoms with Crippen molar-refractivity contribution in [1.29, 1.82) is 0 Å². The Hall–Kier alpha value is -0.350. The molecule has 1 aliphatic rings. The van der Waals surface area contributed by atoms with Gasteiger partial charge in [-0.1, -0.05) is 45.8 Å². The molecule has 0 amide bonds. The standard InChI is InChI=1S/C12H15BrO2S/c1-9-3-2-4-10(7-9)12(13)11-5-6-16(14,15)8-11/h2-4,7,11-12H,5-6,8H2,1H3. The number of hydrogen-bond donors (Lipinski definition) is 0. The van der Waals surface area contributed by atoms with Crippen molar-refractivity contribution in [2.24, 2.45) is 5.92 Å². The minimum Gasteiger partial charge on any atom is -0.229 e. The van der Waals surface area contributed by atoms with Crippen LogP contribution in [0.25, 0.3) is 0 Å². The second-order valence-corrected chi connectivity index (χ2v) is 7.69. The Bertz CT molecular complexity index is 482. The summed E-state index contributed by atoms with van der Waals surface area (Å²) in [5.41, 5.74) is 2.39. The Morgan fingerprint density at radius 2 is 2.19 bits per heavy atom. The largest absolute Gasteiger partial charge is 0.229 e. The first kappa shape index (κ1) is 12.1. The van der Waals surface area contributed by atoms with E-state index in [1.807, 2.05) is 6.07 Å². The van der Waals surface area contributed by atoms with Gasteiger partial charge in [0.15, 0.2) is 9.84 Å². The molecule has 0 radical (unpaired) electrons. The second-order valence-electron chi connectivity index (χ2n) is 4.48. The first-order chi connectivity index (χ1) is 7.48. The van der Waals surface area contributed by atoms with Crippen molar-refractivity contribution in [3.63, 3.8) is 0 Å². The third-order valence-corrected chi connectivity index (χ3v) is 6.11. The summed E-state index contributed by atoms with van der Waals surface area (Å²) in [5.74, 6) is 0.870. The molecule has 1 aromatic carbocycles. The van der Waals surface area contributed by atoms with Crippen LogP contribution in [-0.2, 0) is 9.84 Å². The van der Waals surface area contributed by atoms with Gasteiger partial charge in [-0.2, -0.15) is 0 Å². The second kappa shape index (κ2) is 4.49. The minimum absolute atomic E-state index is 0.157. The normalized spacial score (nSPS) is 25.5. The summed E-state index contributed by atoms with van der Waals surface area (Å²) in [5, 5.41) is 0. The number of benzene rings is 1. The van der Waals surface area contributed by atoms with Crippen LogP contribution in [0.5, 0.6) is 0 Å². The Balaban J connectivity index is 2.17. The molecule has 0 spiro atoms. The lowest BCUT2D eigenvalue weighted by molar-refractivity contribution is 0.579. The summed E-state index contributed by atoms with van der Waals surface area (Å²) in [4.78, 5) is 0.157. The van der Waals surface area contributed by atoms with Crippen LogP contribution in [0.2, 0.25) is 0 Å². The van der Waals surface area contributed by atoms with E-state index in [-0.39, 0.29) is 10.7 Å². The summed E-state index contributed by atoms with van der Waals surface area (Å²) in [7, 11) is -2.79. The van der Waals surface area contributed by atoms with Crippen LogP contribution >= 0.6 is 15.9 Å². The van der Waals surface area contributed by atoms with Crippen molar-refractivity contribution in [1.82, 2.24) is 0 Å². The van der Waals surface area contributed by atoms with Crippen molar-refractivity contribution in [2.75, 3.05) is 11.5 Å². The molecule has 1 aliphatic heterocycles. The van der Waals surface area contributed by atoms with Gasteiger partial charge in [-0.25, -0.2) is 8.42 Å². The lowest BCUT2D eigenvalue weighted by atomic mass is 9.98. The lowest BCUT2D eigenvalue weighted by Gasteiger charge is -2.16. The first-order valence-corrected chi connectivity index (χ1v) is 8.13. The third-order valence-electron chi connectivity index (χ3n) is 3.04. The molecule has 0 bridgehead atoms. The molecule has 1 aromatic rings. The Labute approximate surface area is 105 Å². The van der Waals surface area contributed by atoms with Gasteiger partial charge in [-0.15, -0.1) is 0 Å². The molecule has 2 rings (SSSR count). The number of halogens is 1. The zero-order valence-corrected chi connectivity index (χ0v) is 11.6. The first-order valence-electron chi connectivity index (χ1n) is 5.39. The molecule has 1 heterocycles.